The number of nitrogens with zero attached hydrogens (tertiary/aromatic N) is 2. The first-order valence-electron chi connectivity index (χ1n) is 9.39. The van der Waals surface area contributed by atoms with Gasteiger partial charge in [-0.05, 0) is 49.1 Å². The highest BCUT2D eigenvalue weighted by molar-refractivity contribution is 7.90. The summed E-state index contributed by atoms with van der Waals surface area (Å²) in [4.78, 5) is 17.4. The number of hydrogen-bond donors (Lipinski definition) is 1. The zero-order chi connectivity index (χ0) is 20.2. The zero-order valence-corrected chi connectivity index (χ0v) is 17.4. The van der Waals surface area contributed by atoms with Gasteiger partial charge in [0.2, 0.25) is 5.91 Å². The first kappa shape index (κ1) is 18.3. The third-order valence-corrected chi connectivity index (χ3v) is 7.41. The van der Waals surface area contributed by atoms with E-state index in [4.69, 9.17) is 0 Å². The molecule has 1 N–H and O–H groups in total. The van der Waals surface area contributed by atoms with Crippen molar-refractivity contribution in [3.05, 3.63) is 53.7 Å². The molecule has 8 heteroatoms. The lowest BCUT2D eigenvalue weighted by Crippen LogP contribution is -2.19. The standard InChI is InChI=1S/C21H19N3O3S2/c1-29(26,27)13-9-10-16-19(11-13)28-21(22-16)23-20(25)12-24-17-7-3-2-5-14(17)15-6-4-8-18(15)24/h2-3,5,7,9-11H,4,6,8,12H2,1H3,(H,22,23,25). The molecule has 4 aromatic rings. The molecule has 0 atom stereocenters. The second kappa shape index (κ2) is 6.67. The Kier molecular flexibility index (Phi) is 4.22. The summed E-state index contributed by atoms with van der Waals surface area (Å²) in [5.74, 6) is -0.136. The van der Waals surface area contributed by atoms with Gasteiger partial charge >= 0.3 is 0 Å². The molecule has 0 spiro atoms. The van der Waals surface area contributed by atoms with Gasteiger partial charge < -0.3 is 9.88 Å². The summed E-state index contributed by atoms with van der Waals surface area (Å²) >= 11 is 1.28. The van der Waals surface area contributed by atoms with Crippen molar-refractivity contribution in [2.45, 2.75) is 30.7 Å². The highest BCUT2D eigenvalue weighted by atomic mass is 32.2. The third kappa shape index (κ3) is 3.22. The van der Waals surface area contributed by atoms with Crippen LogP contribution < -0.4 is 5.32 Å². The van der Waals surface area contributed by atoms with Gasteiger partial charge in [-0.25, -0.2) is 13.4 Å². The molecule has 148 valence electrons. The number of fused-ring (bicyclic) bond motifs is 4. The summed E-state index contributed by atoms with van der Waals surface area (Å²) in [5.41, 5.74) is 4.38. The number of anilines is 1. The minimum Gasteiger partial charge on any atom is -0.335 e. The summed E-state index contributed by atoms with van der Waals surface area (Å²) < 4.78 is 26.3. The van der Waals surface area contributed by atoms with E-state index in [1.54, 1.807) is 12.1 Å². The molecule has 29 heavy (non-hydrogen) atoms. The lowest BCUT2D eigenvalue weighted by atomic mass is 10.1. The van der Waals surface area contributed by atoms with Gasteiger partial charge in [0, 0.05) is 22.9 Å². The Hall–Kier alpha value is -2.71. The molecule has 2 heterocycles. The third-order valence-electron chi connectivity index (χ3n) is 5.37. The molecule has 1 amide bonds. The molecule has 2 aromatic carbocycles. The van der Waals surface area contributed by atoms with Crippen LogP contribution in [0.1, 0.15) is 17.7 Å². The van der Waals surface area contributed by atoms with Crippen LogP contribution >= 0.6 is 11.3 Å². The number of aryl methyl sites for hydroxylation is 1. The highest BCUT2D eigenvalue weighted by Gasteiger charge is 2.22. The molecule has 2 aromatic heterocycles. The van der Waals surface area contributed by atoms with Crippen LogP contribution in [-0.4, -0.2) is 30.1 Å². The van der Waals surface area contributed by atoms with Crippen LogP contribution in [0.3, 0.4) is 0 Å². The highest BCUT2D eigenvalue weighted by Crippen LogP contribution is 2.33. The number of amides is 1. The number of carbonyl (C=O) groups is 1. The van der Waals surface area contributed by atoms with E-state index < -0.39 is 9.84 Å². The number of sulfone groups is 1. The summed E-state index contributed by atoms with van der Waals surface area (Å²) in [5, 5.41) is 4.59. The van der Waals surface area contributed by atoms with Crippen molar-refractivity contribution in [2.24, 2.45) is 0 Å². The summed E-state index contributed by atoms with van der Waals surface area (Å²) in [6.07, 6.45) is 4.35. The van der Waals surface area contributed by atoms with Crippen LogP contribution in [0.5, 0.6) is 0 Å². The number of carbonyl (C=O) groups excluding carboxylic acids is 1. The van der Waals surface area contributed by atoms with E-state index in [0.717, 1.165) is 29.5 Å². The molecule has 5 rings (SSSR count). The first-order valence-corrected chi connectivity index (χ1v) is 12.1. The molecule has 0 saturated heterocycles. The fourth-order valence-electron chi connectivity index (χ4n) is 4.10. The predicted molar refractivity (Wildman–Crippen MR) is 115 cm³/mol. The van der Waals surface area contributed by atoms with Gasteiger partial charge in [0.1, 0.15) is 6.54 Å². The Morgan fingerprint density at radius 3 is 2.86 bits per heavy atom. The predicted octanol–water partition coefficient (Wildman–Crippen LogP) is 3.78. The van der Waals surface area contributed by atoms with E-state index in [1.807, 2.05) is 12.1 Å². The monoisotopic (exact) mass is 425 g/mol. The minimum absolute atomic E-state index is 0.136. The number of thiazole rings is 1. The van der Waals surface area contributed by atoms with Gasteiger partial charge in [0.25, 0.3) is 0 Å². The van der Waals surface area contributed by atoms with Crippen molar-refractivity contribution in [1.29, 1.82) is 0 Å². The first-order chi connectivity index (χ1) is 13.9. The maximum absolute atomic E-state index is 12.8. The maximum atomic E-state index is 12.8. The lowest BCUT2D eigenvalue weighted by molar-refractivity contribution is -0.116. The van der Waals surface area contributed by atoms with Crippen molar-refractivity contribution in [2.75, 3.05) is 11.6 Å². The fourth-order valence-corrected chi connectivity index (χ4v) is 5.74. The number of rotatable bonds is 4. The van der Waals surface area contributed by atoms with E-state index in [2.05, 4.69) is 27.0 Å². The quantitative estimate of drug-likeness (QED) is 0.540. The van der Waals surface area contributed by atoms with Gasteiger partial charge in [-0.15, -0.1) is 0 Å². The van der Waals surface area contributed by atoms with Gasteiger partial charge in [-0.2, -0.15) is 0 Å². The Morgan fingerprint density at radius 1 is 1.21 bits per heavy atom. The van der Waals surface area contributed by atoms with Crippen molar-refractivity contribution < 1.29 is 13.2 Å². The average molecular weight is 426 g/mol. The Balaban J connectivity index is 1.43. The molecule has 0 saturated carbocycles. The smallest absolute Gasteiger partial charge is 0.246 e. The molecule has 1 aliphatic carbocycles. The molecule has 0 radical (unpaired) electrons. The summed E-state index contributed by atoms with van der Waals surface area (Å²) in [7, 11) is -3.28. The zero-order valence-electron chi connectivity index (χ0n) is 15.8. The molecule has 0 aliphatic heterocycles. The van der Waals surface area contributed by atoms with Crippen LogP contribution in [0, 0.1) is 0 Å². The lowest BCUT2D eigenvalue weighted by Gasteiger charge is -2.09. The Morgan fingerprint density at radius 2 is 2.03 bits per heavy atom. The largest absolute Gasteiger partial charge is 0.335 e. The van der Waals surface area contributed by atoms with E-state index >= 15 is 0 Å². The van der Waals surface area contributed by atoms with E-state index in [9.17, 15) is 13.2 Å². The number of benzene rings is 2. The van der Waals surface area contributed by atoms with Crippen molar-refractivity contribution in [3.63, 3.8) is 0 Å². The van der Waals surface area contributed by atoms with Crippen molar-refractivity contribution in [1.82, 2.24) is 9.55 Å². The normalized spacial score (nSPS) is 13.8. The fraction of sp³-hybridized carbons (Fsp3) is 0.238. The molecule has 1 aliphatic rings. The molecule has 0 unspecified atom stereocenters. The van der Waals surface area contributed by atoms with Crippen LogP contribution in [0.25, 0.3) is 21.1 Å². The van der Waals surface area contributed by atoms with Crippen LogP contribution in [0.15, 0.2) is 47.4 Å². The van der Waals surface area contributed by atoms with Crippen LogP contribution in [0.4, 0.5) is 5.13 Å². The molecular weight excluding hydrogens is 406 g/mol. The molecule has 0 fully saturated rings. The van der Waals surface area contributed by atoms with Crippen LogP contribution in [0.2, 0.25) is 0 Å². The molecule has 6 nitrogen and oxygen atoms in total. The Bertz CT molecular complexity index is 1380. The summed E-state index contributed by atoms with van der Waals surface area (Å²) in [6, 6.07) is 13.0. The van der Waals surface area contributed by atoms with Crippen molar-refractivity contribution >= 4 is 53.3 Å². The number of nitrogens with one attached hydrogen (secondary N) is 1. The summed E-state index contributed by atoms with van der Waals surface area (Å²) in [6.45, 7) is 0.236. The molecule has 0 bridgehead atoms. The van der Waals surface area contributed by atoms with E-state index in [-0.39, 0.29) is 17.3 Å². The average Bonchev–Trinajstić information content (AvgIpc) is 3.36. The number of aromatic nitrogens is 2. The van der Waals surface area contributed by atoms with Gasteiger partial charge in [0.15, 0.2) is 15.0 Å². The number of hydrogen-bond acceptors (Lipinski definition) is 5. The second-order valence-corrected chi connectivity index (χ2v) is 10.4. The van der Waals surface area contributed by atoms with Gasteiger partial charge in [-0.3, -0.25) is 4.79 Å². The van der Waals surface area contributed by atoms with E-state index in [0.29, 0.717) is 10.6 Å². The minimum atomic E-state index is -3.28. The van der Waals surface area contributed by atoms with Gasteiger partial charge in [-0.1, -0.05) is 29.5 Å². The second-order valence-electron chi connectivity index (χ2n) is 7.35. The topological polar surface area (TPSA) is 81.1 Å². The van der Waals surface area contributed by atoms with Crippen LogP contribution in [-0.2, 0) is 34.0 Å². The number of para-hydroxylation sites is 1. The van der Waals surface area contributed by atoms with Gasteiger partial charge in [0.05, 0.1) is 15.1 Å². The SMILES string of the molecule is CS(=O)(=O)c1ccc2nc(NC(=O)Cn3c4c(c5ccccc53)CCC4)sc2c1. The maximum Gasteiger partial charge on any atom is 0.246 e. The van der Waals surface area contributed by atoms with Crippen molar-refractivity contribution in [3.8, 4) is 0 Å². The Labute approximate surface area is 172 Å². The molecular formula is C21H19N3O3S2. The van der Waals surface area contributed by atoms with E-state index in [1.165, 1.54) is 40.3 Å².